The van der Waals surface area contributed by atoms with E-state index in [4.69, 9.17) is 4.52 Å². The minimum Gasteiger partial charge on any atom is -0.371 e. The third-order valence-corrected chi connectivity index (χ3v) is 11.5. The van der Waals surface area contributed by atoms with Gasteiger partial charge in [0.1, 0.15) is 0 Å². The zero-order chi connectivity index (χ0) is 30.4. The second kappa shape index (κ2) is 11.2. The standard InChI is InChI=1S/C29H32F3N5O5S/c30-29(31,32)21-3-1-19(2-4-21)25-33-26(42-35-25)20-11-15-36(16-12-20)23-7-9-24(10-8-23)43(40,41)28(27(38)34-39)13-17-37(18-14-28)22-5-6-22/h1-4,7-10,20,22,39H,5-6,11-18H2,(H,34,38). The molecule has 2 aromatic carbocycles. The van der Waals surface area contributed by atoms with Crippen molar-refractivity contribution in [1.82, 2.24) is 20.5 Å². The SMILES string of the molecule is O=C(NO)C1(S(=O)(=O)c2ccc(N3CCC(c4nc(-c5ccc(C(F)(F)F)cc5)no4)CC3)cc2)CCN(C2CC2)CC1. The Hall–Kier alpha value is -3.49. The minimum absolute atomic E-state index is 0.0232. The number of amides is 1. The van der Waals surface area contributed by atoms with Crippen LogP contribution in [0.5, 0.6) is 0 Å². The predicted molar refractivity (Wildman–Crippen MR) is 149 cm³/mol. The lowest BCUT2D eigenvalue weighted by atomic mass is 9.94. The van der Waals surface area contributed by atoms with E-state index in [0.717, 1.165) is 30.7 Å². The fourth-order valence-electron chi connectivity index (χ4n) is 6.18. The minimum atomic E-state index is -4.42. The molecule has 43 heavy (non-hydrogen) atoms. The first-order chi connectivity index (χ1) is 20.5. The van der Waals surface area contributed by atoms with E-state index < -0.39 is 32.2 Å². The number of carbonyl (C=O) groups excluding carboxylic acids is 1. The number of piperidine rings is 2. The highest BCUT2D eigenvalue weighted by Crippen LogP contribution is 2.40. The van der Waals surface area contributed by atoms with Gasteiger partial charge in [0.2, 0.25) is 11.7 Å². The Morgan fingerprint density at radius 1 is 0.953 bits per heavy atom. The van der Waals surface area contributed by atoms with Crippen molar-refractivity contribution in [2.45, 2.75) is 66.3 Å². The van der Waals surface area contributed by atoms with Crippen molar-refractivity contribution >= 4 is 21.4 Å². The number of aromatic nitrogens is 2. The summed E-state index contributed by atoms with van der Waals surface area (Å²) < 4.78 is 69.9. The van der Waals surface area contributed by atoms with E-state index in [-0.39, 0.29) is 29.5 Å². The van der Waals surface area contributed by atoms with Crippen LogP contribution in [-0.2, 0) is 20.8 Å². The molecule has 3 heterocycles. The molecule has 3 aromatic rings. The van der Waals surface area contributed by atoms with Gasteiger partial charge in [-0.1, -0.05) is 17.3 Å². The number of nitrogens with zero attached hydrogens (tertiary/aromatic N) is 4. The van der Waals surface area contributed by atoms with Gasteiger partial charge in [-0.05, 0) is 74.9 Å². The van der Waals surface area contributed by atoms with Crippen molar-refractivity contribution in [3.63, 3.8) is 0 Å². The molecule has 3 fully saturated rings. The highest BCUT2D eigenvalue weighted by atomic mass is 32.2. The Kier molecular flexibility index (Phi) is 7.71. The molecule has 1 saturated carbocycles. The van der Waals surface area contributed by atoms with Gasteiger partial charge in [-0.15, -0.1) is 0 Å². The van der Waals surface area contributed by atoms with Crippen molar-refractivity contribution in [2.24, 2.45) is 0 Å². The summed E-state index contributed by atoms with van der Waals surface area (Å²) in [5.74, 6) is -0.258. The average Bonchev–Trinajstić information content (AvgIpc) is 3.76. The van der Waals surface area contributed by atoms with E-state index >= 15 is 0 Å². The molecule has 2 saturated heterocycles. The van der Waals surface area contributed by atoms with Gasteiger partial charge in [0.15, 0.2) is 14.6 Å². The summed E-state index contributed by atoms with van der Waals surface area (Å²) >= 11 is 0. The van der Waals surface area contributed by atoms with Gasteiger partial charge < -0.3 is 14.3 Å². The Bertz CT molecular complexity index is 1560. The molecule has 0 atom stereocenters. The van der Waals surface area contributed by atoms with Gasteiger partial charge >= 0.3 is 6.18 Å². The zero-order valence-electron chi connectivity index (χ0n) is 23.3. The molecule has 14 heteroatoms. The fourth-order valence-corrected chi connectivity index (χ4v) is 8.14. The van der Waals surface area contributed by atoms with Crippen molar-refractivity contribution in [2.75, 3.05) is 31.1 Å². The molecule has 3 aliphatic rings. The Morgan fingerprint density at radius 2 is 1.58 bits per heavy atom. The van der Waals surface area contributed by atoms with E-state index in [0.29, 0.717) is 56.5 Å². The molecule has 2 aliphatic heterocycles. The Morgan fingerprint density at radius 3 is 2.14 bits per heavy atom. The number of sulfone groups is 1. The molecule has 1 aliphatic carbocycles. The van der Waals surface area contributed by atoms with Crippen LogP contribution < -0.4 is 10.4 Å². The molecule has 0 unspecified atom stereocenters. The topological polar surface area (TPSA) is 129 Å². The molecule has 230 valence electrons. The third kappa shape index (κ3) is 5.63. The number of nitrogens with one attached hydrogen (secondary N) is 1. The Labute approximate surface area is 246 Å². The smallest absolute Gasteiger partial charge is 0.371 e. The number of carbonyl (C=O) groups is 1. The number of anilines is 1. The van der Waals surface area contributed by atoms with Crippen LogP contribution in [-0.4, -0.2) is 71.5 Å². The van der Waals surface area contributed by atoms with Crippen molar-refractivity contribution in [3.8, 4) is 11.4 Å². The van der Waals surface area contributed by atoms with Crippen LogP contribution in [0.25, 0.3) is 11.4 Å². The van der Waals surface area contributed by atoms with Gasteiger partial charge in [-0.3, -0.25) is 10.0 Å². The van der Waals surface area contributed by atoms with Crippen molar-refractivity contribution in [3.05, 3.63) is 60.0 Å². The van der Waals surface area contributed by atoms with Crippen LogP contribution in [0.1, 0.15) is 55.9 Å². The second-order valence-electron chi connectivity index (χ2n) is 11.5. The van der Waals surface area contributed by atoms with Gasteiger partial charge in [-0.2, -0.15) is 18.2 Å². The summed E-state index contributed by atoms with van der Waals surface area (Å²) in [5, 5.41) is 13.4. The highest BCUT2D eigenvalue weighted by Gasteiger charge is 2.54. The second-order valence-corrected chi connectivity index (χ2v) is 13.8. The van der Waals surface area contributed by atoms with Crippen LogP contribution in [0, 0.1) is 0 Å². The van der Waals surface area contributed by atoms with E-state index in [1.165, 1.54) is 24.3 Å². The normalized spacial score (nSPS) is 20.2. The number of halogens is 3. The van der Waals surface area contributed by atoms with Crippen molar-refractivity contribution in [1.29, 1.82) is 0 Å². The zero-order valence-corrected chi connectivity index (χ0v) is 24.1. The molecule has 1 aromatic heterocycles. The lowest BCUT2D eigenvalue weighted by Crippen LogP contribution is -2.58. The van der Waals surface area contributed by atoms with Crippen molar-refractivity contribution < 1.29 is 36.1 Å². The summed E-state index contributed by atoms with van der Waals surface area (Å²) in [7, 11) is -4.09. The number of hydrogen-bond acceptors (Lipinski definition) is 9. The predicted octanol–water partition coefficient (Wildman–Crippen LogP) is 4.42. The summed E-state index contributed by atoms with van der Waals surface area (Å²) in [5.41, 5.74) is 2.12. The first-order valence-electron chi connectivity index (χ1n) is 14.3. The molecule has 0 radical (unpaired) electrons. The monoisotopic (exact) mass is 619 g/mol. The number of hydroxylamine groups is 1. The maximum Gasteiger partial charge on any atom is 0.416 e. The molecule has 10 nitrogen and oxygen atoms in total. The van der Waals surface area contributed by atoms with Crippen LogP contribution in [0.3, 0.4) is 0 Å². The van der Waals surface area contributed by atoms with Gasteiger partial charge in [0.25, 0.3) is 5.91 Å². The Balaban J connectivity index is 1.10. The largest absolute Gasteiger partial charge is 0.416 e. The van der Waals surface area contributed by atoms with E-state index in [1.54, 1.807) is 17.6 Å². The fraction of sp³-hybridized carbons (Fsp3) is 0.483. The van der Waals surface area contributed by atoms with Gasteiger partial charge in [-0.25, -0.2) is 13.9 Å². The quantitative estimate of drug-likeness (QED) is 0.292. The number of hydrogen-bond donors (Lipinski definition) is 2. The van der Waals surface area contributed by atoms with Gasteiger partial charge in [0.05, 0.1) is 10.5 Å². The summed E-state index contributed by atoms with van der Waals surface area (Å²) in [6, 6.07) is 11.6. The number of rotatable bonds is 7. The van der Waals surface area contributed by atoms with E-state index in [1.807, 2.05) is 0 Å². The molecule has 6 rings (SSSR count). The summed E-state index contributed by atoms with van der Waals surface area (Å²) in [4.78, 5) is 21.6. The summed E-state index contributed by atoms with van der Waals surface area (Å²) in [6.45, 7) is 2.25. The lowest BCUT2D eigenvalue weighted by molar-refractivity contribution is -0.137. The maximum absolute atomic E-state index is 13.8. The van der Waals surface area contributed by atoms with Crippen LogP contribution in [0.15, 0.2) is 57.9 Å². The highest BCUT2D eigenvalue weighted by molar-refractivity contribution is 7.93. The molecule has 0 bridgehead atoms. The maximum atomic E-state index is 13.8. The van der Waals surface area contributed by atoms with E-state index in [2.05, 4.69) is 19.9 Å². The third-order valence-electron chi connectivity index (χ3n) is 8.97. The number of benzene rings is 2. The molecular weight excluding hydrogens is 587 g/mol. The lowest BCUT2D eigenvalue weighted by Gasteiger charge is -2.39. The van der Waals surface area contributed by atoms with E-state index in [9.17, 15) is 31.6 Å². The molecule has 2 N–H and O–H groups in total. The number of alkyl halides is 3. The average molecular weight is 620 g/mol. The first-order valence-corrected chi connectivity index (χ1v) is 15.8. The van der Waals surface area contributed by atoms with Crippen LogP contribution in [0.2, 0.25) is 0 Å². The number of likely N-dealkylation sites (tertiary alicyclic amines) is 1. The first kappa shape index (κ1) is 29.6. The molecule has 1 amide bonds. The summed E-state index contributed by atoms with van der Waals surface area (Å²) in [6.07, 6.45) is -0.646. The molecule has 0 spiro atoms. The van der Waals surface area contributed by atoms with Crippen LogP contribution >= 0.6 is 0 Å². The van der Waals surface area contributed by atoms with Gasteiger partial charge in [0, 0.05) is 49.4 Å². The molecular formula is C29H32F3N5O5S. The van der Waals surface area contributed by atoms with Crippen LogP contribution in [0.4, 0.5) is 18.9 Å².